The number of nitro groups is 1. The molecule has 2 heterocycles. The van der Waals surface area contributed by atoms with Crippen LogP contribution in [-0.2, 0) is 0 Å². The third kappa shape index (κ3) is 3.45. The Kier molecular flexibility index (Phi) is 4.89. The van der Waals surface area contributed by atoms with Crippen LogP contribution in [0.5, 0.6) is 0 Å². The fourth-order valence-corrected chi connectivity index (χ4v) is 2.49. The van der Waals surface area contributed by atoms with Gasteiger partial charge in [0, 0.05) is 19.2 Å². The van der Waals surface area contributed by atoms with Gasteiger partial charge in [-0.05, 0) is 12.8 Å². The molecule has 0 spiro atoms. The summed E-state index contributed by atoms with van der Waals surface area (Å²) in [5.41, 5.74) is -0.105. The van der Waals surface area contributed by atoms with Crippen molar-refractivity contribution < 1.29 is 9.72 Å². The summed E-state index contributed by atoms with van der Waals surface area (Å²) in [4.78, 5) is 28.1. The predicted octanol–water partition coefficient (Wildman–Crippen LogP) is 3.05. The number of hydrogen-bond donors (Lipinski definition) is 0. The summed E-state index contributed by atoms with van der Waals surface area (Å²) < 4.78 is 0. The van der Waals surface area contributed by atoms with Crippen LogP contribution in [0.1, 0.15) is 42.5 Å². The second-order valence-corrected chi connectivity index (χ2v) is 5.21. The van der Waals surface area contributed by atoms with E-state index in [4.69, 9.17) is 11.6 Å². The Balaban J connectivity index is 2.22. The van der Waals surface area contributed by atoms with E-state index < -0.39 is 4.92 Å². The Bertz CT molecular complexity index is 514. The number of nitrogens with zero attached hydrogens (tertiary/aromatic N) is 3. The van der Waals surface area contributed by atoms with E-state index in [2.05, 4.69) is 4.98 Å². The minimum atomic E-state index is -0.576. The van der Waals surface area contributed by atoms with E-state index in [9.17, 15) is 14.9 Å². The van der Waals surface area contributed by atoms with Gasteiger partial charge in [-0.25, -0.2) is 4.98 Å². The summed E-state index contributed by atoms with van der Waals surface area (Å²) in [5, 5.41) is 10.8. The van der Waals surface area contributed by atoms with Crippen molar-refractivity contribution in [2.24, 2.45) is 0 Å². The molecule has 0 atom stereocenters. The number of amides is 1. The van der Waals surface area contributed by atoms with E-state index in [-0.39, 0.29) is 22.3 Å². The van der Waals surface area contributed by atoms with Crippen molar-refractivity contribution >= 4 is 23.2 Å². The van der Waals surface area contributed by atoms with Gasteiger partial charge in [0.15, 0.2) is 0 Å². The smallest absolute Gasteiger partial charge is 0.288 e. The van der Waals surface area contributed by atoms with Crippen molar-refractivity contribution in [1.29, 1.82) is 0 Å². The number of likely N-dealkylation sites (tertiary alicyclic amines) is 1. The summed E-state index contributed by atoms with van der Waals surface area (Å²) in [6, 6.07) is 1.20. The van der Waals surface area contributed by atoms with Gasteiger partial charge in [-0.15, -0.1) is 0 Å². The first kappa shape index (κ1) is 14.7. The molecule has 0 bridgehead atoms. The zero-order chi connectivity index (χ0) is 14.5. The molecule has 0 unspecified atom stereocenters. The normalized spacial score (nSPS) is 16.4. The Hall–Kier alpha value is -1.69. The molecule has 1 aliphatic rings. The molecule has 1 amide bonds. The summed E-state index contributed by atoms with van der Waals surface area (Å²) in [6.45, 7) is 1.33. The molecule has 1 saturated heterocycles. The van der Waals surface area contributed by atoms with Gasteiger partial charge in [0.05, 0.1) is 10.5 Å². The minimum Gasteiger partial charge on any atom is -0.339 e. The molecule has 0 aliphatic carbocycles. The first-order valence-electron chi connectivity index (χ1n) is 6.69. The third-order valence-corrected chi connectivity index (χ3v) is 3.71. The van der Waals surface area contributed by atoms with Crippen LogP contribution in [0.2, 0.25) is 5.15 Å². The molecule has 2 rings (SSSR count). The monoisotopic (exact) mass is 297 g/mol. The first-order chi connectivity index (χ1) is 9.59. The molecule has 0 aromatic carbocycles. The lowest BCUT2D eigenvalue weighted by Crippen LogP contribution is -2.34. The number of pyridine rings is 1. The van der Waals surface area contributed by atoms with Gasteiger partial charge in [-0.3, -0.25) is 14.9 Å². The van der Waals surface area contributed by atoms with E-state index in [0.29, 0.717) is 13.1 Å². The fraction of sp³-hybridized carbons (Fsp3) is 0.538. The van der Waals surface area contributed by atoms with E-state index in [1.807, 2.05) is 0 Å². The highest BCUT2D eigenvalue weighted by Gasteiger charge is 2.22. The van der Waals surface area contributed by atoms with Crippen LogP contribution in [-0.4, -0.2) is 33.8 Å². The van der Waals surface area contributed by atoms with E-state index >= 15 is 0 Å². The van der Waals surface area contributed by atoms with Crippen molar-refractivity contribution in [3.8, 4) is 0 Å². The fourth-order valence-electron chi connectivity index (χ4n) is 2.31. The average Bonchev–Trinajstić information content (AvgIpc) is 2.38. The molecule has 0 saturated carbocycles. The van der Waals surface area contributed by atoms with Gasteiger partial charge in [0.2, 0.25) is 0 Å². The Labute approximate surface area is 121 Å². The molecule has 1 aromatic heterocycles. The summed E-state index contributed by atoms with van der Waals surface area (Å²) in [7, 11) is 0. The predicted molar refractivity (Wildman–Crippen MR) is 74.9 cm³/mol. The van der Waals surface area contributed by atoms with Gasteiger partial charge < -0.3 is 4.90 Å². The van der Waals surface area contributed by atoms with Crippen LogP contribution in [0.3, 0.4) is 0 Å². The lowest BCUT2D eigenvalue weighted by molar-refractivity contribution is -0.385. The Morgan fingerprint density at radius 1 is 1.25 bits per heavy atom. The van der Waals surface area contributed by atoms with Gasteiger partial charge in [-0.2, -0.15) is 0 Å². The molecule has 108 valence electrons. The molecule has 0 N–H and O–H groups in total. The average molecular weight is 298 g/mol. The van der Waals surface area contributed by atoms with Crippen LogP contribution in [0.25, 0.3) is 0 Å². The van der Waals surface area contributed by atoms with Crippen LogP contribution < -0.4 is 0 Å². The molecule has 7 heteroatoms. The van der Waals surface area contributed by atoms with Crippen LogP contribution >= 0.6 is 11.6 Å². The molecular formula is C13H16ClN3O3. The number of rotatable bonds is 2. The first-order valence-corrected chi connectivity index (χ1v) is 7.06. The van der Waals surface area contributed by atoms with E-state index in [1.165, 1.54) is 12.5 Å². The largest absolute Gasteiger partial charge is 0.339 e. The van der Waals surface area contributed by atoms with Crippen molar-refractivity contribution in [3.63, 3.8) is 0 Å². The van der Waals surface area contributed by atoms with E-state index in [0.717, 1.165) is 31.9 Å². The van der Waals surface area contributed by atoms with Crippen LogP contribution in [0.4, 0.5) is 5.69 Å². The number of carbonyl (C=O) groups is 1. The SMILES string of the molecule is O=C(c1cc([N+](=O)[O-])cnc1Cl)N1CCCCCCC1. The number of carbonyl (C=O) groups excluding carboxylic acids is 1. The number of hydrogen-bond acceptors (Lipinski definition) is 4. The summed E-state index contributed by atoms with van der Waals surface area (Å²) in [5.74, 6) is -0.270. The molecule has 20 heavy (non-hydrogen) atoms. The topological polar surface area (TPSA) is 76.3 Å². The maximum atomic E-state index is 12.4. The molecule has 1 aromatic rings. The Morgan fingerprint density at radius 3 is 2.45 bits per heavy atom. The molecule has 1 fully saturated rings. The van der Waals surface area contributed by atoms with Crippen LogP contribution in [0.15, 0.2) is 12.3 Å². The lowest BCUT2D eigenvalue weighted by atomic mass is 10.1. The zero-order valence-electron chi connectivity index (χ0n) is 11.0. The van der Waals surface area contributed by atoms with Crippen molar-refractivity contribution in [1.82, 2.24) is 9.88 Å². The molecule has 6 nitrogen and oxygen atoms in total. The minimum absolute atomic E-state index is 0.0164. The van der Waals surface area contributed by atoms with Crippen molar-refractivity contribution in [2.75, 3.05) is 13.1 Å². The maximum Gasteiger partial charge on any atom is 0.288 e. The second kappa shape index (κ2) is 6.65. The third-order valence-electron chi connectivity index (χ3n) is 3.41. The lowest BCUT2D eigenvalue weighted by Gasteiger charge is -2.24. The quantitative estimate of drug-likeness (QED) is 0.477. The highest BCUT2D eigenvalue weighted by molar-refractivity contribution is 6.32. The van der Waals surface area contributed by atoms with Crippen molar-refractivity contribution in [2.45, 2.75) is 32.1 Å². The Morgan fingerprint density at radius 2 is 1.85 bits per heavy atom. The summed E-state index contributed by atoms with van der Waals surface area (Å²) >= 11 is 5.91. The van der Waals surface area contributed by atoms with Crippen LogP contribution in [0, 0.1) is 10.1 Å². The molecular weight excluding hydrogens is 282 g/mol. The van der Waals surface area contributed by atoms with Crippen molar-refractivity contribution in [3.05, 3.63) is 33.1 Å². The van der Waals surface area contributed by atoms with Gasteiger partial charge in [0.25, 0.3) is 11.6 Å². The van der Waals surface area contributed by atoms with Gasteiger partial charge in [0.1, 0.15) is 11.3 Å². The van der Waals surface area contributed by atoms with Gasteiger partial charge in [-0.1, -0.05) is 30.9 Å². The number of halogens is 1. The van der Waals surface area contributed by atoms with E-state index in [1.54, 1.807) is 4.90 Å². The molecule has 1 aliphatic heterocycles. The summed E-state index contributed by atoms with van der Waals surface area (Å²) in [6.07, 6.45) is 6.36. The highest BCUT2D eigenvalue weighted by Crippen LogP contribution is 2.22. The molecule has 0 radical (unpaired) electrons. The van der Waals surface area contributed by atoms with Gasteiger partial charge >= 0.3 is 0 Å². The second-order valence-electron chi connectivity index (χ2n) is 4.85. The highest BCUT2D eigenvalue weighted by atomic mass is 35.5. The standard InChI is InChI=1S/C13H16ClN3O3/c14-12-11(8-10(9-15-12)17(19)20)13(18)16-6-4-2-1-3-5-7-16/h8-9H,1-7H2. The zero-order valence-corrected chi connectivity index (χ0v) is 11.8. The maximum absolute atomic E-state index is 12.4. The number of aromatic nitrogens is 1.